The molecule has 0 saturated carbocycles. The predicted octanol–water partition coefficient (Wildman–Crippen LogP) is 2.52. The van der Waals surface area contributed by atoms with Crippen LogP contribution in [0.1, 0.15) is 30.1 Å². The highest BCUT2D eigenvalue weighted by atomic mass is 16.6. The summed E-state index contributed by atoms with van der Waals surface area (Å²) in [5.41, 5.74) is 0.445. The maximum absolute atomic E-state index is 11.5. The summed E-state index contributed by atoms with van der Waals surface area (Å²) in [6.45, 7) is 2.00. The van der Waals surface area contributed by atoms with Crippen LogP contribution in [0, 0.1) is 0 Å². The Morgan fingerprint density at radius 1 is 1.38 bits per heavy atom. The second kappa shape index (κ2) is 6.80. The molecule has 0 spiro atoms. The molecule has 0 fully saturated rings. The van der Waals surface area contributed by atoms with E-state index in [-0.39, 0.29) is 0 Å². The van der Waals surface area contributed by atoms with Crippen molar-refractivity contribution in [1.29, 1.82) is 0 Å². The van der Waals surface area contributed by atoms with Crippen molar-refractivity contribution in [3.8, 4) is 0 Å². The Labute approximate surface area is 95.4 Å². The Morgan fingerprint density at radius 3 is 2.69 bits per heavy atom. The van der Waals surface area contributed by atoms with Crippen LogP contribution in [-0.2, 0) is 4.74 Å². The molecular weight excluding hydrogens is 204 g/mol. The molecule has 1 N–H and O–H groups in total. The molecule has 0 aliphatic heterocycles. The number of hydrogen-bond donors (Lipinski definition) is 1. The van der Waals surface area contributed by atoms with Gasteiger partial charge in [0.15, 0.2) is 0 Å². The van der Waals surface area contributed by atoms with Gasteiger partial charge in [-0.25, -0.2) is 4.79 Å². The van der Waals surface area contributed by atoms with Crippen molar-refractivity contribution in [2.75, 3.05) is 0 Å². The van der Waals surface area contributed by atoms with Gasteiger partial charge in [0.1, 0.15) is 0 Å². The van der Waals surface area contributed by atoms with Crippen LogP contribution in [0.3, 0.4) is 0 Å². The van der Waals surface area contributed by atoms with Crippen LogP contribution >= 0.6 is 0 Å². The molecule has 86 valence electrons. The van der Waals surface area contributed by atoms with Gasteiger partial charge in [-0.3, -0.25) is 0 Å². The molecule has 0 radical (unpaired) electrons. The summed E-state index contributed by atoms with van der Waals surface area (Å²) in [7, 11) is 0. The van der Waals surface area contributed by atoms with Gasteiger partial charge in [0.25, 0.3) is 0 Å². The SMILES string of the molecule is CC/C=C\CC(O)OC(=O)c1ccccc1. The Hall–Kier alpha value is -1.61. The molecule has 1 atom stereocenters. The molecule has 1 rings (SSSR count). The summed E-state index contributed by atoms with van der Waals surface area (Å²) in [5.74, 6) is -0.502. The van der Waals surface area contributed by atoms with Crippen molar-refractivity contribution in [3.63, 3.8) is 0 Å². The predicted molar refractivity (Wildman–Crippen MR) is 61.9 cm³/mol. The molecule has 0 aromatic heterocycles. The van der Waals surface area contributed by atoms with E-state index >= 15 is 0 Å². The topological polar surface area (TPSA) is 46.5 Å². The molecular formula is C13H16O3. The molecule has 1 aromatic rings. The molecule has 0 bridgehead atoms. The van der Waals surface area contributed by atoms with Gasteiger partial charge in [-0.2, -0.15) is 0 Å². The van der Waals surface area contributed by atoms with Crippen LogP contribution in [0.25, 0.3) is 0 Å². The van der Waals surface area contributed by atoms with Gasteiger partial charge in [-0.15, -0.1) is 0 Å². The van der Waals surface area contributed by atoms with Crippen LogP contribution in [0.2, 0.25) is 0 Å². The van der Waals surface area contributed by atoms with Crippen molar-refractivity contribution >= 4 is 5.97 Å². The summed E-state index contributed by atoms with van der Waals surface area (Å²) >= 11 is 0. The number of carbonyl (C=O) groups is 1. The lowest BCUT2D eigenvalue weighted by Gasteiger charge is -2.09. The van der Waals surface area contributed by atoms with Crippen molar-refractivity contribution < 1.29 is 14.6 Å². The van der Waals surface area contributed by atoms with E-state index in [1.54, 1.807) is 30.3 Å². The summed E-state index contributed by atoms with van der Waals surface area (Å²) in [6, 6.07) is 8.62. The fourth-order valence-electron chi connectivity index (χ4n) is 1.19. The number of carbonyl (C=O) groups excluding carboxylic acids is 1. The number of aliphatic hydroxyl groups excluding tert-OH is 1. The molecule has 0 aliphatic rings. The lowest BCUT2D eigenvalue weighted by Crippen LogP contribution is -2.16. The van der Waals surface area contributed by atoms with Crippen LogP contribution in [0.4, 0.5) is 0 Å². The Kier molecular flexibility index (Phi) is 5.29. The van der Waals surface area contributed by atoms with E-state index in [9.17, 15) is 9.90 Å². The summed E-state index contributed by atoms with van der Waals surface area (Å²) in [6.07, 6.45) is 3.87. The third-order valence-corrected chi connectivity index (χ3v) is 1.99. The highest BCUT2D eigenvalue weighted by Gasteiger charge is 2.11. The van der Waals surface area contributed by atoms with Crippen LogP contribution in [0.15, 0.2) is 42.5 Å². The Balaban J connectivity index is 2.43. The number of allylic oxidation sites excluding steroid dienone is 1. The average molecular weight is 220 g/mol. The van der Waals surface area contributed by atoms with E-state index in [2.05, 4.69) is 0 Å². The number of ether oxygens (including phenoxy) is 1. The first kappa shape index (κ1) is 12.5. The molecule has 0 aliphatic carbocycles. The first-order chi connectivity index (χ1) is 7.74. The highest BCUT2D eigenvalue weighted by molar-refractivity contribution is 5.89. The van der Waals surface area contributed by atoms with Gasteiger partial charge in [0.2, 0.25) is 6.29 Å². The standard InChI is InChI=1S/C13H16O3/c1-2-3-5-10-12(14)16-13(15)11-8-6-4-7-9-11/h3-9,12,14H,2,10H2,1H3/b5-3-. The van der Waals surface area contributed by atoms with E-state index in [1.807, 2.05) is 19.1 Å². The zero-order chi connectivity index (χ0) is 11.8. The minimum atomic E-state index is -1.07. The van der Waals surface area contributed by atoms with Crippen LogP contribution in [0.5, 0.6) is 0 Å². The second-order valence-corrected chi connectivity index (χ2v) is 3.34. The second-order valence-electron chi connectivity index (χ2n) is 3.34. The summed E-state index contributed by atoms with van der Waals surface area (Å²) < 4.78 is 4.85. The molecule has 3 heteroatoms. The molecule has 1 aromatic carbocycles. The number of esters is 1. The van der Waals surface area contributed by atoms with Crippen molar-refractivity contribution in [2.24, 2.45) is 0 Å². The Morgan fingerprint density at radius 2 is 2.06 bits per heavy atom. The smallest absolute Gasteiger partial charge is 0.340 e. The zero-order valence-corrected chi connectivity index (χ0v) is 9.30. The molecule has 3 nitrogen and oxygen atoms in total. The molecule has 16 heavy (non-hydrogen) atoms. The summed E-state index contributed by atoms with van der Waals surface area (Å²) in [4.78, 5) is 11.5. The Bertz CT molecular complexity index is 343. The van der Waals surface area contributed by atoms with E-state index in [4.69, 9.17) is 4.74 Å². The highest BCUT2D eigenvalue weighted by Crippen LogP contribution is 2.05. The maximum atomic E-state index is 11.5. The fourth-order valence-corrected chi connectivity index (χ4v) is 1.19. The number of rotatable bonds is 5. The fraction of sp³-hybridized carbons (Fsp3) is 0.308. The van der Waals surface area contributed by atoms with E-state index in [0.717, 1.165) is 6.42 Å². The molecule has 1 unspecified atom stereocenters. The van der Waals surface area contributed by atoms with Crippen molar-refractivity contribution in [1.82, 2.24) is 0 Å². The minimum absolute atomic E-state index is 0.326. The lowest BCUT2D eigenvalue weighted by atomic mass is 10.2. The number of benzene rings is 1. The average Bonchev–Trinajstić information content (AvgIpc) is 2.30. The number of aliphatic hydroxyl groups is 1. The monoisotopic (exact) mass is 220 g/mol. The quantitative estimate of drug-likeness (QED) is 0.471. The maximum Gasteiger partial charge on any atom is 0.340 e. The third-order valence-electron chi connectivity index (χ3n) is 1.99. The van der Waals surface area contributed by atoms with Crippen molar-refractivity contribution in [2.45, 2.75) is 26.1 Å². The normalized spacial score (nSPS) is 12.6. The van der Waals surface area contributed by atoms with Crippen LogP contribution < -0.4 is 0 Å². The van der Waals surface area contributed by atoms with Gasteiger partial charge in [0, 0.05) is 6.42 Å². The van der Waals surface area contributed by atoms with Gasteiger partial charge in [-0.1, -0.05) is 37.3 Å². The van der Waals surface area contributed by atoms with Gasteiger partial charge < -0.3 is 9.84 Å². The van der Waals surface area contributed by atoms with Gasteiger partial charge >= 0.3 is 5.97 Å². The van der Waals surface area contributed by atoms with E-state index in [0.29, 0.717) is 12.0 Å². The molecule has 0 heterocycles. The molecule has 0 amide bonds. The number of hydrogen-bond acceptors (Lipinski definition) is 3. The van der Waals surface area contributed by atoms with Crippen molar-refractivity contribution in [3.05, 3.63) is 48.0 Å². The largest absolute Gasteiger partial charge is 0.432 e. The zero-order valence-electron chi connectivity index (χ0n) is 9.30. The first-order valence-corrected chi connectivity index (χ1v) is 5.33. The van der Waals surface area contributed by atoms with Gasteiger partial charge in [-0.05, 0) is 18.6 Å². The first-order valence-electron chi connectivity index (χ1n) is 5.33. The van der Waals surface area contributed by atoms with E-state index in [1.165, 1.54) is 0 Å². The third kappa shape index (κ3) is 4.28. The molecule has 0 saturated heterocycles. The van der Waals surface area contributed by atoms with E-state index < -0.39 is 12.3 Å². The minimum Gasteiger partial charge on any atom is -0.432 e. The van der Waals surface area contributed by atoms with Crippen LogP contribution in [-0.4, -0.2) is 17.4 Å². The lowest BCUT2D eigenvalue weighted by molar-refractivity contribution is -0.0618. The van der Waals surface area contributed by atoms with Gasteiger partial charge in [0.05, 0.1) is 5.56 Å². The summed E-state index contributed by atoms with van der Waals surface area (Å²) in [5, 5.41) is 9.41.